The average molecular weight is 237 g/mol. The monoisotopic (exact) mass is 237 g/mol. The van der Waals surface area contributed by atoms with Crippen LogP contribution in [0, 0.1) is 0 Å². The van der Waals surface area contributed by atoms with Crippen molar-refractivity contribution in [2.24, 2.45) is 0 Å². The topological polar surface area (TPSA) is 6.25 Å². The third kappa shape index (κ3) is 3.22. The Morgan fingerprint density at radius 1 is 1.40 bits per heavy atom. The Balaban J connectivity index is 2.69. The van der Waals surface area contributed by atoms with E-state index in [1.165, 1.54) is 4.24 Å². The van der Waals surface area contributed by atoms with Gasteiger partial charge in [0.05, 0.1) is 6.04 Å². The van der Waals surface area contributed by atoms with E-state index in [0.29, 0.717) is 6.04 Å². The molecule has 0 amide bonds. The summed E-state index contributed by atoms with van der Waals surface area (Å²) in [7, 11) is 0.157. The number of hydrogen-bond donors (Lipinski definition) is 0. The van der Waals surface area contributed by atoms with Crippen LogP contribution in [-0.4, -0.2) is 43.2 Å². The second-order valence-electron chi connectivity index (χ2n) is 3.93. The maximum absolute atomic E-state index is 12.2. The summed E-state index contributed by atoms with van der Waals surface area (Å²) < 4.78 is 40.1. The zero-order valence-electron chi connectivity index (χ0n) is 9.23. The Bertz CT molecular complexity index is 261. The molecule has 1 rings (SSSR count). The smallest absolute Gasteiger partial charge is 0.271 e. The van der Waals surface area contributed by atoms with Crippen LogP contribution in [0.4, 0.5) is 13.2 Å². The van der Waals surface area contributed by atoms with E-state index in [-0.39, 0.29) is 9.84 Å². The summed E-state index contributed by atoms with van der Waals surface area (Å²) in [6.45, 7) is 5.20. The number of halogens is 3. The number of amidine groups is 1. The molecule has 86 valence electrons. The molecule has 0 saturated carbocycles. The average Bonchev–Trinajstić information content (AvgIpc) is 2.05. The van der Waals surface area contributed by atoms with Gasteiger partial charge in [0.25, 0.3) is 0 Å². The molecule has 15 heavy (non-hydrogen) atoms. The number of hydrogen-bond acceptors (Lipinski definition) is 1. The second-order valence-corrected chi connectivity index (χ2v) is 5.15. The van der Waals surface area contributed by atoms with Crippen LogP contribution < -0.4 is 0 Å². The molecule has 0 spiro atoms. The predicted octanol–water partition coefficient (Wildman–Crippen LogP) is 2.02. The molecule has 0 atom stereocenters. The summed E-state index contributed by atoms with van der Waals surface area (Å²) >= 11 is 0. The Morgan fingerprint density at radius 2 is 2.00 bits per heavy atom. The van der Waals surface area contributed by atoms with Gasteiger partial charge < -0.3 is 0 Å². The maximum Gasteiger partial charge on any atom is 0.644 e. The number of rotatable bonds is 4. The molecule has 1 heterocycles. The van der Waals surface area contributed by atoms with Gasteiger partial charge in [-0.15, -0.1) is 0 Å². The minimum atomic E-state index is -4.09. The van der Waals surface area contributed by atoms with Gasteiger partial charge in [-0.2, -0.15) is 13.2 Å². The van der Waals surface area contributed by atoms with E-state index in [0.717, 1.165) is 18.7 Å². The molecule has 0 aromatic heterocycles. The van der Waals surface area contributed by atoms with Gasteiger partial charge in [-0.05, 0) is 20.3 Å². The lowest BCUT2D eigenvalue weighted by Crippen LogP contribution is -2.60. The van der Waals surface area contributed by atoms with Gasteiger partial charge in [-0.3, -0.25) is 8.81 Å². The highest BCUT2D eigenvalue weighted by atomic mass is 28.2. The molecule has 1 aliphatic rings. The fourth-order valence-corrected chi connectivity index (χ4v) is 2.81. The molecular weight excluding hydrogens is 221 g/mol. The molecule has 1 aliphatic heterocycles. The molecule has 2 radical (unpaired) electrons. The van der Waals surface area contributed by atoms with Gasteiger partial charge in [-0.1, -0.05) is 6.92 Å². The van der Waals surface area contributed by atoms with E-state index >= 15 is 0 Å². The fraction of sp³-hybridized carbons (Fsp3) is 0.889. The van der Waals surface area contributed by atoms with E-state index in [1.54, 1.807) is 0 Å². The zero-order valence-corrected chi connectivity index (χ0v) is 10.2. The van der Waals surface area contributed by atoms with Crippen LogP contribution in [-0.2, 0) is 0 Å². The van der Waals surface area contributed by atoms with Gasteiger partial charge in [0, 0.05) is 6.42 Å². The molecule has 0 aliphatic carbocycles. The Labute approximate surface area is 90.7 Å². The SMILES string of the molecule is CCCC1=[N+](CC(F)(F)F)[Si]N1C(C)C. The van der Waals surface area contributed by atoms with Crippen molar-refractivity contribution >= 4 is 15.7 Å². The molecule has 0 saturated heterocycles. The first-order chi connectivity index (χ1) is 6.85. The third-order valence-corrected chi connectivity index (χ3v) is 3.79. The van der Waals surface area contributed by atoms with Gasteiger partial charge >= 0.3 is 16.0 Å². The lowest BCUT2D eigenvalue weighted by molar-refractivity contribution is -0.465. The van der Waals surface area contributed by atoms with Crippen molar-refractivity contribution in [3.63, 3.8) is 0 Å². The highest BCUT2D eigenvalue weighted by Gasteiger charge is 2.46. The first-order valence-corrected chi connectivity index (χ1v) is 6.00. The Morgan fingerprint density at radius 3 is 2.40 bits per heavy atom. The van der Waals surface area contributed by atoms with E-state index in [2.05, 4.69) is 4.57 Å². The number of alkyl halides is 3. The van der Waals surface area contributed by atoms with Crippen LogP contribution >= 0.6 is 0 Å². The highest BCUT2D eigenvalue weighted by Crippen LogP contribution is 2.19. The lowest BCUT2D eigenvalue weighted by atomic mass is 10.3. The van der Waals surface area contributed by atoms with Crippen LogP contribution in [0.3, 0.4) is 0 Å². The van der Waals surface area contributed by atoms with E-state index < -0.39 is 12.7 Å². The molecule has 0 bridgehead atoms. The van der Waals surface area contributed by atoms with Crippen LogP contribution in [0.25, 0.3) is 0 Å². The first-order valence-electron chi connectivity index (χ1n) is 5.10. The van der Waals surface area contributed by atoms with Gasteiger partial charge in [0.2, 0.25) is 5.84 Å². The van der Waals surface area contributed by atoms with Crippen molar-refractivity contribution in [3.05, 3.63) is 0 Å². The predicted molar refractivity (Wildman–Crippen MR) is 53.8 cm³/mol. The lowest BCUT2D eigenvalue weighted by Gasteiger charge is -2.31. The molecule has 6 heteroatoms. The van der Waals surface area contributed by atoms with E-state index in [9.17, 15) is 13.2 Å². The largest absolute Gasteiger partial charge is 0.644 e. The van der Waals surface area contributed by atoms with E-state index in [1.807, 2.05) is 20.8 Å². The van der Waals surface area contributed by atoms with Crippen LogP contribution in [0.15, 0.2) is 0 Å². The summed E-state index contributed by atoms with van der Waals surface area (Å²) in [5.74, 6) is 0.850. The maximum atomic E-state index is 12.2. The van der Waals surface area contributed by atoms with Gasteiger partial charge in [0.15, 0.2) is 6.54 Å². The fourth-order valence-electron chi connectivity index (χ4n) is 1.53. The minimum absolute atomic E-state index is 0.157. The van der Waals surface area contributed by atoms with Gasteiger partial charge in [0.1, 0.15) is 0 Å². The molecule has 0 unspecified atom stereocenters. The summed E-state index contributed by atoms with van der Waals surface area (Å²) in [6.07, 6.45) is -2.46. The summed E-state index contributed by atoms with van der Waals surface area (Å²) in [5.41, 5.74) is 0. The van der Waals surface area contributed by atoms with Crippen molar-refractivity contribution < 1.29 is 17.4 Å². The molecule has 0 aromatic carbocycles. The van der Waals surface area contributed by atoms with Crippen molar-refractivity contribution in [2.45, 2.75) is 45.8 Å². The second kappa shape index (κ2) is 4.55. The van der Waals surface area contributed by atoms with Gasteiger partial charge in [-0.25, -0.2) is 0 Å². The van der Waals surface area contributed by atoms with Crippen molar-refractivity contribution in [2.75, 3.05) is 6.54 Å². The summed E-state index contributed by atoms with van der Waals surface area (Å²) in [4.78, 5) is 0. The van der Waals surface area contributed by atoms with Crippen LogP contribution in [0.5, 0.6) is 0 Å². The number of nitrogens with zero attached hydrogens (tertiary/aromatic N) is 2. The van der Waals surface area contributed by atoms with Crippen LogP contribution in [0.2, 0.25) is 0 Å². The third-order valence-electron chi connectivity index (χ3n) is 2.15. The Kier molecular flexibility index (Phi) is 3.80. The standard InChI is InChI=1S/C9H16F3N2Si/c1-4-5-8-13(6-9(10,11)12)15-14(8)7(2)3/h7H,4-6H2,1-3H3/q+1. The minimum Gasteiger partial charge on any atom is -0.271 e. The van der Waals surface area contributed by atoms with Crippen LogP contribution in [0.1, 0.15) is 33.6 Å². The van der Waals surface area contributed by atoms with Crippen molar-refractivity contribution in [1.82, 2.24) is 4.57 Å². The molecule has 0 fully saturated rings. The normalized spacial score (nSPS) is 17.4. The van der Waals surface area contributed by atoms with E-state index in [4.69, 9.17) is 0 Å². The summed E-state index contributed by atoms with van der Waals surface area (Å²) in [6, 6.07) is 0.300. The molecular formula is C9H16F3N2Si+. The Hall–Kier alpha value is -0.523. The van der Waals surface area contributed by atoms with Crippen molar-refractivity contribution in [3.8, 4) is 0 Å². The quantitative estimate of drug-likeness (QED) is 0.678. The van der Waals surface area contributed by atoms with Crippen molar-refractivity contribution in [1.29, 1.82) is 0 Å². The zero-order chi connectivity index (χ0) is 11.6. The first kappa shape index (κ1) is 12.5. The highest BCUT2D eigenvalue weighted by molar-refractivity contribution is 6.35. The molecule has 0 aromatic rings. The molecule has 2 nitrogen and oxygen atoms in total. The summed E-state index contributed by atoms with van der Waals surface area (Å²) in [5, 5.41) is 0. The molecule has 0 N–H and O–H groups in total.